The summed E-state index contributed by atoms with van der Waals surface area (Å²) in [4.78, 5) is 11.3. The van der Waals surface area contributed by atoms with Gasteiger partial charge in [0.25, 0.3) is 0 Å². The first-order valence-electron chi connectivity index (χ1n) is 8.46. The van der Waals surface area contributed by atoms with Crippen LogP contribution < -0.4 is 0 Å². The maximum Gasteiger partial charge on any atom is 0.157 e. The van der Waals surface area contributed by atoms with E-state index in [4.69, 9.17) is 4.74 Å². The minimum atomic E-state index is 0.0913. The van der Waals surface area contributed by atoms with Crippen LogP contribution in [0.3, 0.4) is 0 Å². The summed E-state index contributed by atoms with van der Waals surface area (Å²) in [7, 11) is 2.14. The first-order valence-corrected chi connectivity index (χ1v) is 8.46. The molecule has 2 heterocycles. The van der Waals surface area contributed by atoms with Gasteiger partial charge >= 0.3 is 0 Å². The molecule has 0 unspecified atom stereocenters. The Kier molecular flexibility index (Phi) is 5.72. The van der Waals surface area contributed by atoms with Crippen molar-refractivity contribution in [2.24, 2.45) is 0 Å². The Morgan fingerprint density at radius 3 is 2.57 bits per heavy atom. The number of benzene rings is 1. The summed E-state index contributed by atoms with van der Waals surface area (Å²) < 4.78 is 5.74. The molecule has 1 atom stereocenters. The van der Waals surface area contributed by atoms with Crippen LogP contribution in [0, 0.1) is 0 Å². The van der Waals surface area contributed by atoms with Crippen LogP contribution >= 0.6 is 0 Å². The quantitative estimate of drug-likeness (QED) is 0.819. The second-order valence-electron chi connectivity index (χ2n) is 6.28. The van der Waals surface area contributed by atoms with E-state index in [1.807, 2.05) is 12.4 Å². The zero-order valence-corrected chi connectivity index (χ0v) is 13.8. The highest BCUT2D eigenvalue weighted by atomic mass is 16.5. The number of rotatable bonds is 6. The highest BCUT2D eigenvalue weighted by Gasteiger charge is 2.18. The largest absolute Gasteiger partial charge is 0.370 e. The fraction of sp³-hybridized carbons (Fsp3) is 0.474. The SMILES string of the molecule is CN(CCc1ccccc1)Cc1cnc([C@H]2CCCCO2)nc1. The van der Waals surface area contributed by atoms with Gasteiger partial charge in [-0.05, 0) is 38.3 Å². The third kappa shape index (κ3) is 4.85. The Labute approximate surface area is 138 Å². The average Bonchev–Trinajstić information content (AvgIpc) is 2.62. The summed E-state index contributed by atoms with van der Waals surface area (Å²) in [5.41, 5.74) is 2.53. The predicted molar refractivity (Wildman–Crippen MR) is 91.1 cm³/mol. The van der Waals surface area contributed by atoms with Gasteiger partial charge in [-0.15, -0.1) is 0 Å². The Morgan fingerprint density at radius 2 is 1.87 bits per heavy atom. The van der Waals surface area contributed by atoms with Crippen LogP contribution in [0.2, 0.25) is 0 Å². The molecule has 0 saturated carbocycles. The zero-order chi connectivity index (χ0) is 15.9. The van der Waals surface area contributed by atoms with Crippen LogP contribution in [-0.2, 0) is 17.7 Å². The number of hydrogen-bond donors (Lipinski definition) is 0. The summed E-state index contributed by atoms with van der Waals surface area (Å²) in [5.74, 6) is 0.834. The van der Waals surface area contributed by atoms with Crippen molar-refractivity contribution in [3.63, 3.8) is 0 Å². The number of nitrogens with zero attached hydrogens (tertiary/aromatic N) is 3. The molecule has 1 aliphatic heterocycles. The van der Waals surface area contributed by atoms with Gasteiger partial charge in [-0.25, -0.2) is 9.97 Å². The maximum absolute atomic E-state index is 5.74. The lowest BCUT2D eigenvalue weighted by Gasteiger charge is -2.21. The molecule has 1 aromatic heterocycles. The van der Waals surface area contributed by atoms with E-state index in [1.165, 1.54) is 12.0 Å². The van der Waals surface area contributed by atoms with Gasteiger partial charge in [-0.1, -0.05) is 30.3 Å². The lowest BCUT2D eigenvalue weighted by molar-refractivity contribution is 0.00938. The topological polar surface area (TPSA) is 38.2 Å². The van der Waals surface area contributed by atoms with E-state index >= 15 is 0 Å². The van der Waals surface area contributed by atoms with Crippen LogP contribution in [0.15, 0.2) is 42.7 Å². The molecule has 0 spiro atoms. The lowest BCUT2D eigenvalue weighted by Crippen LogP contribution is -2.21. The smallest absolute Gasteiger partial charge is 0.157 e. The molecule has 0 N–H and O–H groups in total. The molecule has 1 aromatic carbocycles. The Bertz CT molecular complexity index is 579. The van der Waals surface area contributed by atoms with Crippen molar-refractivity contribution in [2.75, 3.05) is 20.2 Å². The summed E-state index contributed by atoms with van der Waals surface area (Å²) in [6.45, 7) is 2.73. The first kappa shape index (κ1) is 16.1. The van der Waals surface area contributed by atoms with E-state index in [0.717, 1.165) is 50.3 Å². The van der Waals surface area contributed by atoms with E-state index in [2.05, 4.69) is 52.2 Å². The molecule has 0 radical (unpaired) electrons. The van der Waals surface area contributed by atoms with E-state index < -0.39 is 0 Å². The highest BCUT2D eigenvalue weighted by molar-refractivity contribution is 5.15. The van der Waals surface area contributed by atoms with Crippen molar-refractivity contribution in [3.05, 3.63) is 59.7 Å². The molecule has 122 valence electrons. The van der Waals surface area contributed by atoms with E-state index in [-0.39, 0.29) is 6.10 Å². The fourth-order valence-corrected chi connectivity index (χ4v) is 2.91. The summed E-state index contributed by atoms with van der Waals surface area (Å²) in [6.07, 6.45) is 8.44. The highest BCUT2D eigenvalue weighted by Crippen LogP contribution is 2.24. The van der Waals surface area contributed by atoms with E-state index in [1.54, 1.807) is 0 Å². The second kappa shape index (κ2) is 8.18. The van der Waals surface area contributed by atoms with Gasteiger partial charge in [0.2, 0.25) is 0 Å². The molecule has 0 amide bonds. The molecular formula is C19H25N3O. The lowest BCUT2D eigenvalue weighted by atomic mass is 10.1. The molecule has 0 aliphatic carbocycles. The number of ether oxygens (including phenoxy) is 1. The normalized spacial score (nSPS) is 18.3. The second-order valence-corrected chi connectivity index (χ2v) is 6.28. The van der Waals surface area contributed by atoms with Crippen molar-refractivity contribution in [2.45, 2.75) is 38.3 Å². The Morgan fingerprint density at radius 1 is 1.09 bits per heavy atom. The third-order valence-corrected chi connectivity index (χ3v) is 4.27. The average molecular weight is 311 g/mol. The summed E-state index contributed by atoms with van der Waals surface area (Å²) >= 11 is 0. The molecule has 1 fully saturated rings. The molecule has 3 rings (SSSR count). The van der Waals surface area contributed by atoms with Gasteiger partial charge < -0.3 is 9.64 Å². The fourth-order valence-electron chi connectivity index (χ4n) is 2.91. The van der Waals surface area contributed by atoms with Crippen LogP contribution in [0.4, 0.5) is 0 Å². The number of hydrogen-bond acceptors (Lipinski definition) is 4. The van der Waals surface area contributed by atoms with Crippen molar-refractivity contribution >= 4 is 0 Å². The van der Waals surface area contributed by atoms with Crippen molar-refractivity contribution < 1.29 is 4.74 Å². The van der Waals surface area contributed by atoms with Crippen molar-refractivity contribution in [1.82, 2.24) is 14.9 Å². The zero-order valence-electron chi connectivity index (χ0n) is 13.8. The van der Waals surface area contributed by atoms with Crippen LogP contribution in [0.1, 0.15) is 42.3 Å². The Balaban J connectivity index is 1.49. The van der Waals surface area contributed by atoms with Crippen LogP contribution in [0.5, 0.6) is 0 Å². The van der Waals surface area contributed by atoms with Crippen LogP contribution in [0.25, 0.3) is 0 Å². The molecule has 2 aromatic rings. The maximum atomic E-state index is 5.74. The summed E-state index contributed by atoms with van der Waals surface area (Å²) in [5, 5.41) is 0. The summed E-state index contributed by atoms with van der Waals surface area (Å²) in [6, 6.07) is 10.6. The van der Waals surface area contributed by atoms with Crippen LogP contribution in [-0.4, -0.2) is 35.1 Å². The standard InChI is InChI=1S/C19H25N3O/c1-22(11-10-16-7-3-2-4-8-16)15-17-13-20-19(21-14-17)18-9-5-6-12-23-18/h2-4,7-8,13-14,18H,5-6,9-12,15H2,1H3/t18-/m1/s1. The molecule has 4 heteroatoms. The monoisotopic (exact) mass is 311 g/mol. The minimum absolute atomic E-state index is 0.0913. The molecule has 1 aliphatic rings. The van der Waals surface area contributed by atoms with E-state index in [0.29, 0.717) is 0 Å². The molecule has 4 nitrogen and oxygen atoms in total. The number of aromatic nitrogens is 2. The van der Waals surface area contributed by atoms with E-state index in [9.17, 15) is 0 Å². The predicted octanol–water partition coefficient (Wildman–Crippen LogP) is 3.39. The Hall–Kier alpha value is -1.78. The van der Waals surface area contributed by atoms with Gasteiger partial charge in [-0.3, -0.25) is 0 Å². The molecule has 0 bridgehead atoms. The van der Waals surface area contributed by atoms with Gasteiger partial charge in [0, 0.05) is 37.7 Å². The van der Waals surface area contributed by atoms with Gasteiger partial charge in [0.1, 0.15) is 6.10 Å². The van der Waals surface area contributed by atoms with Gasteiger partial charge in [-0.2, -0.15) is 0 Å². The van der Waals surface area contributed by atoms with Crippen molar-refractivity contribution in [3.8, 4) is 0 Å². The molecular weight excluding hydrogens is 286 g/mol. The molecule has 1 saturated heterocycles. The van der Waals surface area contributed by atoms with Gasteiger partial charge in [0.05, 0.1) is 0 Å². The third-order valence-electron chi connectivity index (χ3n) is 4.27. The number of likely N-dealkylation sites (N-methyl/N-ethyl adjacent to an activating group) is 1. The first-order chi connectivity index (χ1) is 11.3. The minimum Gasteiger partial charge on any atom is -0.370 e. The molecule has 23 heavy (non-hydrogen) atoms. The van der Waals surface area contributed by atoms with Gasteiger partial charge in [0.15, 0.2) is 5.82 Å². The van der Waals surface area contributed by atoms with Crippen molar-refractivity contribution in [1.29, 1.82) is 0 Å².